The van der Waals surface area contributed by atoms with Crippen molar-refractivity contribution >= 4 is 32.2 Å². The first-order valence-corrected chi connectivity index (χ1v) is 7.19. The second kappa shape index (κ2) is 4.54. The number of nitrogens with one attached hydrogen (secondary N) is 1. The Balaban J connectivity index is 2.40. The normalized spacial score (nSPS) is 11.4. The van der Waals surface area contributed by atoms with Gasteiger partial charge in [-0.3, -0.25) is 4.72 Å². The number of anilines is 2. The van der Waals surface area contributed by atoms with Crippen LogP contribution in [0.15, 0.2) is 29.3 Å². The topological polar surface area (TPSA) is 85.1 Å². The van der Waals surface area contributed by atoms with Gasteiger partial charge in [0, 0.05) is 11.1 Å². The summed E-state index contributed by atoms with van der Waals surface area (Å²) in [6.45, 7) is 1.80. The second-order valence-corrected chi connectivity index (χ2v) is 6.42. The summed E-state index contributed by atoms with van der Waals surface area (Å²) in [7, 11) is -3.92. The summed E-state index contributed by atoms with van der Waals surface area (Å²) >= 11 is 1.18. The molecule has 1 aromatic heterocycles. The summed E-state index contributed by atoms with van der Waals surface area (Å²) in [5, 5.41) is 0.219. The minimum absolute atomic E-state index is 0.219. The summed E-state index contributed by atoms with van der Waals surface area (Å²) in [5.41, 5.74) is 5.01. The summed E-state index contributed by atoms with van der Waals surface area (Å²) in [6, 6.07) is 3.62. The first kappa shape index (κ1) is 12.8. The summed E-state index contributed by atoms with van der Waals surface area (Å²) in [4.78, 5) is 4.44. The number of aryl methyl sites for hydroxylation is 1. The highest BCUT2D eigenvalue weighted by Gasteiger charge is 2.20. The van der Waals surface area contributed by atoms with Crippen molar-refractivity contribution in [3.63, 3.8) is 0 Å². The Hall–Kier alpha value is -1.67. The van der Waals surface area contributed by atoms with Gasteiger partial charge in [0.2, 0.25) is 0 Å². The second-order valence-electron chi connectivity index (χ2n) is 3.53. The molecule has 2 rings (SSSR count). The van der Waals surface area contributed by atoms with E-state index < -0.39 is 21.5 Å². The molecule has 0 saturated carbocycles. The molecule has 8 heteroatoms. The predicted molar refractivity (Wildman–Crippen MR) is 68.5 cm³/mol. The molecule has 0 spiro atoms. The van der Waals surface area contributed by atoms with E-state index in [2.05, 4.69) is 9.71 Å². The fourth-order valence-corrected chi connectivity index (χ4v) is 3.37. The van der Waals surface area contributed by atoms with Gasteiger partial charge in [-0.2, -0.15) is 0 Å². The highest BCUT2D eigenvalue weighted by molar-refractivity contribution is 7.93. The molecule has 2 aromatic rings. The first-order chi connectivity index (χ1) is 8.40. The van der Waals surface area contributed by atoms with Crippen LogP contribution in [-0.2, 0) is 10.0 Å². The van der Waals surface area contributed by atoms with Crippen LogP contribution >= 0.6 is 11.3 Å². The average Bonchev–Trinajstić information content (AvgIpc) is 2.67. The predicted octanol–water partition coefficient (Wildman–Crippen LogP) is 1.97. The molecule has 0 aliphatic rings. The number of hydrogen-bond donors (Lipinski definition) is 2. The van der Waals surface area contributed by atoms with Gasteiger partial charge in [-0.1, -0.05) is 6.07 Å². The van der Waals surface area contributed by atoms with Crippen molar-refractivity contribution in [1.29, 1.82) is 0 Å². The number of hydrogen-bond acceptors (Lipinski definition) is 5. The molecule has 0 unspecified atom stereocenters. The van der Waals surface area contributed by atoms with Gasteiger partial charge in [0.05, 0.1) is 5.69 Å². The van der Waals surface area contributed by atoms with Crippen LogP contribution in [0.3, 0.4) is 0 Å². The Morgan fingerprint density at radius 2 is 2.17 bits per heavy atom. The number of halogens is 1. The smallest absolute Gasteiger partial charge is 0.265 e. The maximum Gasteiger partial charge on any atom is 0.265 e. The molecule has 0 saturated heterocycles. The Kier molecular flexibility index (Phi) is 3.22. The number of aromatic nitrogens is 1. The molecule has 0 aliphatic heterocycles. The quantitative estimate of drug-likeness (QED) is 0.845. The number of nitrogens with zero attached hydrogens (tertiary/aromatic N) is 1. The lowest BCUT2D eigenvalue weighted by atomic mass is 10.3. The van der Waals surface area contributed by atoms with Gasteiger partial charge in [-0.15, -0.1) is 11.3 Å². The number of para-hydroxylation sites is 1. The number of rotatable bonds is 3. The van der Waals surface area contributed by atoms with Crippen LogP contribution in [0.1, 0.15) is 4.88 Å². The maximum absolute atomic E-state index is 13.2. The number of sulfonamides is 1. The molecule has 0 atom stereocenters. The number of nitrogens with two attached hydrogens (primary N) is 1. The van der Waals surface area contributed by atoms with Crippen molar-refractivity contribution in [2.75, 3.05) is 10.5 Å². The molecule has 18 heavy (non-hydrogen) atoms. The SMILES string of the molecule is Cc1cnc(NS(=O)(=O)c2cccc(F)c2N)s1. The van der Waals surface area contributed by atoms with E-state index in [9.17, 15) is 12.8 Å². The van der Waals surface area contributed by atoms with Gasteiger partial charge in [-0.05, 0) is 19.1 Å². The van der Waals surface area contributed by atoms with Crippen LogP contribution in [0.2, 0.25) is 0 Å². The Labute approximate surface area is 108 Å². The zero-order valence-corrected chi connectivity index (χ0v) is 11.0. The molecule has 96 valence electrons. The van der Waals surface area contributed by atoms with E-state index in [0.29, 0.717) is 0 Å². The standard InChI is InChI=1S/C10H10FN3O2S2/c1-6-5-13-10(17-6)14-18(15,16)8-4-2-3-7(11)9(8)12/h2-5H,12H2,1H3,(H,13,14). The molecule has 3 N–H and O–H groups in total. The lowest BCUT2D eigenvalue weighted by molar-refractivity contribution is 0.597. The fourth-order valence-electron chi connectivity index (χ4n) is 1.32. The summed E-state index contributed by atoms with van der Waals surface area (Å²) < 4.78 is 39.5. The molecule has 0 radical (unpaired) electrons. The monoisotopic (exact) mass is 287 g/mol. The third-order valence-electron chi connectivity index (χ3n) is 2.15. The van der Waals surface area contributed by atoms with Crippen LogP contribution in [0.25, 0.3) is 0 Å². The van der Waals surface area contributed by atoms with E-state index in [1.165, 1.54) is 29.7 Å². The number of thiazole rings is 1. The van der Waals surface area contributed by atoms with Gasteiger partial charge < -0.3 is 5.73 Å². The molecule has 0 aliphatic carbocycles. The van der Waals surface area contributed by atoms with Crippen molar-refractivity contribution in [1.82, 2.24) is 4.98 Å². The van der Waals surface area contributed by atoms with E-state index in [1.54, 1.807) is 6.92 Å². The highest BCUT2D eigenvalue weighted by atomic mass is 32.2. The van der Waals surface area contributed by atoms with Crippen molar-refractivity contribution < 1.29 is 12.8 Å². The van der Waals surface area contributed by atoms with Crippen LogP contribution in [0, 0.1) is 12.7 Å². The molecular formula is C10H10FN3O2S2. The Morgan fingerprint density at radius 1 is 1.44 bits per heavy atom. The zero-order valence-electron chi connectivity index (χ0n) is 9.34. The summed E-state index contributed by atoms with van der Waals surface area (Å²) in [5.74, 6) is -0.770. The van der Waals surface area contributed by atoms with E-state index in [-0.39, 0.29) is 10.0 Å². The lowest BCUT2D eigenvalue weighted by Gasteiger charge is -2.08. The van der Waals surface area contributed by atoms with Crippen LogP contribution < -0.4 is 10.5 Å². The number of benzene rings is 1. The van der Waals surface area contributed by atoms with Crippen molar-refractivity contribution in [2.24, 2.45) is 0 Å². The largest absolute Gasteiger partial charge is 0.395 e. The molecule has 0 bridgehead atoms. The summed E-state index contributed by atoms with van der Waals surface area (Å²) in [6.07, 6.45) is 1.54. The van der Waals surface area contributed by atoms with Gasteiger partial charge >= 0.3 is 0 Å². The van der Waals surface area contributed by atoms with Gasteiger partial charge in [0.1, 0.15) is 10.7 Å². The maximum atomic E-state index is 13.2. The van der Waals surface area contributed by atoms with E-state index in [4.69, 9.17) is 5.73 Å². The first-order valence-electron chi connectivity index (χ1n) is 4.89. The number of nitrogen functional groups attached to an aromatic ring is 1. The highest BCUT2D eigenvalue weighted by Crippen LogP contribution is 2.25. The van der Waals surface area contributed by atoms with E-state index in [0.717, 1.165) is 10.9 Å². The molecule has 0 fully saturated rings. The molecular weight excluding hydrogens is 277 g/mol. The van der Waals surface area contributed by atoms with Crippen LogP contribution in [-0.4, -0.2) is 13.4 Å². The minimum atomic E-state index is -3.92. The Bertz CT molecular complexity index is 682. The van der Waals surface area contributed by atoms with Crippen molar-refractivity contribution in [3.05, 3.63) is 35.1 Å². The van der Waals surface area contributed by atoms with Gasteiger partial charge in [0.25, 0.3) is 10.0 Å². The van der Waals surface area contributed by atoms with Crippen LogP contribution in [0.5, 0.6) is 0 Å². The molecule has 1 heterocycles. The lowest BCUT2D eigenvalue weighted by Crippen LogP contribution is -2.15. The van der Waals surface area contributed by atoms with Gasteiger partial charge in [0.15, 0.2) is 5.13 Å². The van der Waals surface area contributed by atoms with E-state index >= 15 is 0 Å². The van der Waals surface area contributed by atoms with Crippen LogP contribution in [0.4, 0.5) is 15.2 Å². The third-order valence-corrected chi connectivity index (χ3v) is 4.50. The zero-order chi connectivity index (χ0) is 13.3. The van der Waals surface area contributed by atoms with Gasteiger partial charge in [-0.25, -0.2) is 17.8 Å². The van der Waals surface area contributed by atoms with E-state index in [1.807, 2.05) is 0 Å². The van der Waals surface area contributed by atoms with Crippen molar-refractivity contribution in [3.8, 4) is 0 Å². The molecule has 0 amide bonds. The minimum Gasteiger partial charge on any atom is -0.395 e. The van der Waals surface area contributed by atoms with Crippen molar-refractivity contribution in [2.45, 2.75) is 11.8 Å². The fraction of sp³-hybridized carbons (Fsp3) is 0.100. The third kappa shape index (κ3) is 2.44. The molecule has 5 nitrogen and oxygen atoms in total. The molecule has 1 aromatic carbocycles. The Morgan fingerprint density at radius 3 is 2.78 bits per heavy atom. The average molecular weight is 287 g/mol.